The van der Waals surface area contributed by atoms with Crippen LogP contribution in [0.1, 0.15) is 21.8 Å². The van der Waals surface area contributed by atoms with Crippen LogP contribution in [0.25, 0.3) is 0 Å². The minimum absolute atomic E-state index is 0.00582. The van der Waals surface area contributed by atoms with E-state index < -0.39 is 5.97 Å². The number of thioether (sulfide) groups is 1. The van der Waals surface area contributed by atoms with Crippen LogP contribution in [0.2, 0.25) is 0 Å². The molecule has 0 unspecified atom stereocenters. The highest BCUT2D eigenvalue weighted by Gasteiger charge is 2.14. The molecule has 0 radical (unpaired) electrons. The van der Waals surface area contributed by atoms with Crippen LogP contribution in [0.15, 0.2) is 40.9 Å². The molecule has 7 heteroatoms. The van der Waals surface area contributed by atoms with Gasteiger partial charge in [-0.15, -0.1) is 0 Å². The summed E-state index contributed by atoms with van der Waals surface area (Å²) in [6.45, 7) is 1.89. The number of nitrogens with one attached hydrogen (secondary N) is 1. The molecule has 6 nitrogen and oxygen atoms in total. The first-order valence-corrected chi connectivity index (χ1v) is 8.29. The van der Waals surface area contributed by atoms with E-state index in [1.807, 2.05) is 18.2 Å². The Labute approximate surface area is 138 Å². The molecule has 23 heavy (non-hydrogen) atoms. The SMILES string of the molecule is Cc1cc(C(=O)OCC(=O)NCCSCc2ccccc2)on1. The lowest BCUT2D eigenvalue weighted by Gasteiger charge is -2.05. The van der Waals surface area contributed by atoms with E-state index in [-0.39, 0.29) is 18.3 Å². The van der Waals surface area contributed by atoms with E-state index in [0.29, 0.717) is 12.2 Å². The third-order valence-corrected chi connectivity index (χ3v) is 3.87. The summed E-state index contributed by atoms with van der Waals surface area (Å²) in [7, 11) is 0. The van der Waals surface area contributed by atoms with Crippen LogP contribution in [0.5, 0.6) is 0 Å². The predicted molar refractivity (Wildman–Crippen MR) is 87.1 cm³/mol. The molecule has 122 valence electrons. The zero-order valence-corrected chi connectivity index (χ0v) is 13.6. The van der Waals surface area contributed by atoms with Gasteiger partial charge in [0.15, 0.2) is 6.61 Å². The van der Waals surface area contributed by atoms with Crippen LogP contribution >= 0.6 is 11.8 Å². The zero-order valence-electron chi connectivity index (χ0n) is 12.8. The number of carbonyl (C=O) groups is 2. The number of esters is 1. The second-order valence-electron chi connectivity index (χ2n) is 4.80. The monoisotopic (exact) mass is 334 g/mol. The Hall–Kier alpha value is -2.28. The first-order valence-electron chi connectivity index (χ1n) is 7.14. The minimum atomic E-state index is -0.695. The van der Waals surface area contributed by atoms with Gasteiger partial charge >= 0.3 is 5.97 Å². The number of amides is 1. The van der Waals surface area contributed by atoms with Crippen LogP contribution < -0.4 is 5.32 Å². The van der Waals surface area contributed by atoms with Crippen molar-refractivity contribution in [2.75, 3.05) is 18.9 Å². The number of hydrogen-bond acceptors (Lipinski definition) is 6. The maximum atomic E-state index is 11.6. The average molecular weight is 334 g/mol. The average Bonchev–Trinajstić information content (AvgIpc) is 3.00. The van der Waals surface area contributed by atoms with Gasteiger partial charge in [-0.25, -0.2) is 4.79 Å². The van der Waals surface area contributed by atoms with Crippen LogP contribution in [0.4, 0.5) is 0 Å². The smallest absolute Gasteiger partial charge is 0.377 e. The Kier molecular flexibility index (Phi) is 6.68. The van der Waals surface area contributed by atoms with Crippen molar-refractivity contribution in [1.29, 1.82) is 0 Å². The summed E-state index contributed by atoms with van der Waals surface area (Å²) in [5.74, 6) is 0.648. The van der Waals surface area contributed by atoms with Gasteiger partial charge in [-0.3, -0.25) is 4.79 Å². The standard InChI is InChI=1S/C16H18N2O4S/c1-12-9-14(22-18-12)16(20)21-10-15(19)17-7-8-23-11-13-5-3-2-4-6-13/h2-6,9H,7-8,10-11H2,1H3,(H,17,19). The fourth-order valence-corrected chi connectivity index (χ4v) is 2.56. The Morgan fingerprint density at radius 1 is 1.30 bits per heavy atom. The van der Waals surface area contributed by atoms with E-state index in [9.17, 15) is 9.59 Å². The van der Waals surface area contributed by atoms with Crippen molar-refractivity contribution in [3.05, 3.63) is 53.4 Å². The van der Waals surface area contributed by atoms with Crippen LogP contribution in [0.3, 0.4) is 0 Å². The molecule has 1 aromatic heterocycles. The molecule has 0 saturated heterocycles. The molecular weight excluding hydrogens is 316 g/mol. The van der Waals surface area contributed by atoms with Gasteiger partial charge in [0.25, 0.3) is 5.91 Å². The van der Waals surface area contributed by atoms with Gasteiger partial charge in [0.2, 0.25) is 5.76 Å². The van der Waals surface area contributed by atoms with Crippen molar-refractivity contribution in [2.45, 2.75) is 12.7 Å². The van der Waals surface area contributed by atoms with Crippen LogP contribution in [-0.2, 0) is 15.3 Å². The molecule has 0 bridgehead atoms. The molecule has 0 spiro atoms. The number of hydrogen-bond donors (Lipinski definition) is 1. The summed E-state index contributed by atoms with van der Waals surface area (Å²) in [6.07, 6.45) is 0. The van der Waals surface area contributed by atoms with Crippen molar-refractivity contribution in [2.24, 2.45) is 0 Å². The van der Waals surface area contributed by atoms with E-state index in [2.05, 4.69) is 22.6 Å². The molecule has 0 aliphatic heterocycles. The van der Waals surface area contributed by atoms with E-state index in [1.165, 1.54) is 11.6 Å². The van der Waals surface area contributed by atoms with Crippen LogP contribution in [-0.4, -0.2) is 35.9 Å². The normalized spacial score (nSPS) is 10.3. The number of ether oxygens (including phenoxy) is 1. The highest BCUT2D eigenvalue weighted by atomic mass is 32.2. The van der Waals surface area contributed by atoms with Gasteiger partial charge < -0.3 is 14.6 Å². The van der Waals surface area contributed by atoms with Gasteiger partial charge in [0.1, 0.15) is 0 Å². The number of aryl methyl sites for hydroxylation is 1. The van der Waals surface area contributed by atoms with Crippen molar-refractivity contribution in [3.8, 4) is 0 Å². The molecule has 0 fully saturated rings. The Morgan fingerprint density at radius 2 is 2.09 bits per heavy atom. The lowest BCUT2D eigenvalue weighted by Crippen LogP contribution is -2.30. The summed E-state index contributed by atoms with van der Waals surface area (Å²) < 4.78 is 9.59. The van der Waals surface area contributed by atoms with Crippen molar-refractivity contribution in [1.82, 2.24) is 10.5 Å². The van der Waals surface area contributed by atoms with E-state index >= 15 is 0 Å². The quantitative estimate of drug-likeness (QED) is 0.589. The Bertz CT molecular complexity index is 643. The van der Waals surface area contributed by atoms with E-state index in [4.69, 9.17) is 9.26 Å². The molecule has 0 aliphatic carbocycles. The molecule has 2 aromatic rings. The number of nitrogens with zero attached hydrogens (tertiary/aromatic N) is 1. The van der Waals surface area contributed by atoms with Gasteiger partial charge in [-0.1, -0.05) is 35.5 Å². The van der Waals surface area contributed by atoms with Gasteiger partial charge in [0.05, 0.1) is 5.69 Å². The summed E-state index contributed by atoms with van der Waals surface area (Å²) in [5.41, 5.74) is 1.83. The maximum Gasteiger partial charge on any atom is 0.377 e. The highest BCUT2D eigenvalue weighted by Crippen LogP contribution is 2.10. The number of rotatable bonds is 8. The lowest BCUT2D eigenvalue weighted by atomic mass is 10.2. The summed E-state index contributed by atoms with van der Waals surface area (Å²) in [4.78, 5) is 23.1. The maximum absolute atomic E-state index is 11.6. The Morgan fingerprint density at radius 3 is 2.78 bits per heavy atom. The first-order chi connectivity index (χ1) is 11.1. The molecule has 1 amide bonds. The predicted octanol–water partition coefficient (Wildman–Crippen LogP) is 2.19. The fraction of sp³-hybridized carbons (Fsp3) is 0.312. The second kappa shape index (κ2) is 8.99. The third-order valence-electron chi connectivity index (χ3n) is 2.84. The minimum Gasteiger partial charge on any atom is -0.450 e. The lowest BCUT2D eigenvalue weighted by molar-refractivity contribution is -0.124. The van der Waals surface area contributed by atoms with Crippen molar-refractivity contribution < 1.29 is 18.8 Å². The molecule has 1 aromatic carbocycles. The van der Waals surface area contributed by atoms with Gasteiger partial charge in [-0.05, 0) is 12.5 Å². The van der Waals surface area contributed by atoms with Crippen molar-refractivity contribution in [3.63, 3.8) is 0 Å². The fourth-order valence-electron chi connectivity index (χ4n) is 1.74. The molecule has 2 rings (SSSR count). The largest absolute Gasteiger partial charge is 0.450 e. The van der Waals surface area contributed by atoms with Gasteiger partial charge in [-0.2, -0.15) is 11.8 Å². The number of aromatic nitrogens is 1. The number of carbonyl (C=O) groups excluding carboxylic acids is 2. The van der Waals surface area contributed by atoms with Gasteiger partial charge in [0, 0.05) is 24.1 Å². The molecule has 0 aliphatic rings. The molecule has 0 saturated carbocycles. The molecule has 0 atom stereocenters. The number of benzene rings is 1. The second-order valence-corrected chi connectivity index (χ2v) is 5.90. The third kappa shape index (κ3) is 6.15. The molecule has 1 heterocycles. The Balaban J connectivity index is 1.56. The molecular formula is C16H18N2O4S. The highest BCUT2D eigenvalue weighted by molar-refractivity contribution is 7.98. The van der Waals surface area contributed by atoms with E-state index in [1.54, 1.807) is 18.7 Å². The van der Waals surface area contributed by atoms with E-state index in [0.717, 1.165) is 11.5 Å². The first kappa shape index (κ1) is 17.1. The zero-order chi connectivity index (χ0) is 16.5. The topological polar surface area (TPSA) is 81.4 Å². The summed E-state index contributed by atoms with van der Waals surface area (Å²) >= 11 is 1.73. The summed E-state index contributed by atoms with van der Waals surface area (Å²) in [5, 5.41) is 6.28. The molecule has 1 N–H and O–H groups in total. The summed E-state index contributed by atoms with van der Waals surface area (Å²) in [6, 6.07) is 11.6. The van der Waals surface area contributed by atoms with Crippen LogP contribution in [0, 0.1) is 6.92 Å². The van der Waals surface area contributed by atoms with Crippen molar-refractivity contribution >= 4 is 23.6 Å².